The fourth-order valence-corrected chi connectivity index (χ4v) is 6.46. The van der Waals surface area contributed by atoms with Crippen molar-refractivity contribution in [2.75, 3.05) is 33.1 Å². The molecule has 5 heterocycles. The summed E-state index contributed by atoms with van der Waals surface area (Å²) in [5, 5.41) is 0. The zero-order chi connectivity index (χ0) is 29.4. The molecule has 8 heteroatoms. The van der Waals surface area contributed by atoms with Gasteiger partial charge in [0.1, 0.15) is 0 Å². The van der Waals surface area contributed by atoms with Gasteiger partial charge in [0.2, 0.25) is 6.79 Å². The molecular formula is C34H39N3O5. The van der Waals surface area contributed by atoms with Crippen molar-refractivity contribution in [3.63, 3.8) is 0 Å². The number of carbonyl (C=O) groups excluding carboxylic acids is 1. The van der Waals surface area contributed by atoms with Gasteiger partial charge in [0.05, 0.1) is 13.2 Å². The van der Waals surface area contributed by atoms with E-state index in [0.29, 0.717) is 26.1 Å². The zero-order valence-corrected chi connectivity index (χ0v) is 24.9. The van der Waals surface area contributed by atoms with Gasteiger partial charge in [0.25, 0.3) is 5.56 Å². The van der Waals surface area contributed by atoms with Gasteiger partial charge in [-0.15, -0.1) is 0 Å². The normalized spacial score (nSPS) is 15.8. The summed E-state index contributed by atoms with van der Waals surface area (Å²) in [5.74, 6) is 1.65. The van der Waals surface area contributed by atoms with Crippen LogP contribution in [0.25, 0.3) is 16.6 Å². The van der Waals surface area contributed by atoms with Crippen LogP contribution in [-0.4, -0.2) is 53.2 Å². The fourth-order valence-electron chi connectivity index (χ4n) is 6.46. The summed E-state index contributed by atoms with van der Waals surface area (Å²) in [7, 11) is 0. The van der Waals surface area contributed by atoms with Gasteiger partial charge in [0, 0.05) is 65.3 Å². The average molecular weight is 570 g/mol. The van der Waals surface area contributed by atoms with E-state index in [0.717, 1.165) is 87.7 Å². The number of nitrogens with zero attached hydrogens (tertiary/aromatic N) is 2. The molecule has 0 amide bonds. The number of aromatic amines is 1. The molecule has 6 rings (SSSR count). The summed E-state index contributed by atoms with van der Waals surface area (Å²) in [5.41, 5.74) is 8.70. The number of unbranched alkanes of at least 4 members (excludes halogenated alkanes) is 1. The van der Waals surface area contributed by atoms with Gasteiger partial charge in [0.15, 0.2) is 17.3 Å². The largest absolute Gasteiger partial charge is 0.454 e. The lowest BCUT2D eigenvalue weighted by molar-refractivity contribution is 0.0187. The number of Topliss-reactive ketones (excluding diaryl/α,β-unsaturated/α-hetero) is 1. The van der Waals surface area contributed by atoms with Gasteiger partial charge in [-0.1, -0.05) is 6.07 Å². The highest BCUT2D eigenvalue weighted by Crippen LogP contribution is 2.38. The molecule has 4 aromatic rings. The predicted octanol–water partition coefficient (Wildman–Crippen LogP) is 5.94. The number of aromatic nitrogens is 2. The van der Waals surface area contributed by atoms with Gasteiger partial charge in [-0.25, -0.2) is 0 Å². The maximum Gasteiger partial charge on any atom is 0.251 e. The maximum atomic E-state index is 13.7. The Balaban J connectivity index is 1.29. The van der Waals surface area contributed by atoms with E-state index in [4.69, 9.17) is 14.2 Å². The molecule has 1 unspecified atom stereocenters. The molecule has 1 saturated heterocycles. The Morgan fingerprint density at radius 2 is 1.76 bits per heavy atom. The number of nitrogens with one attached hydrogen (secondary N) is 1. The SMILES string of the molecule is Cc1cc(C)c(CCCCC(=O)c2cc3cc(-c4ccc5c(c4)OCO5)cn3c(C(C)N3CCOCC3)c2C)c(=O)[nH]1. The number of benzene rings is 1. The Kier molecular flexibility index (Phi) is 7.92. The molecule has 220 valence electrons. The number of ether oxygens (including phenoxy) is 3. The fraction of sp³-hybridized carbons (Fsp3) is 0.412. The Labute approximate surface area is 246 Å². The van der Waals surface area contributed by atoms with Crippen LogP contribution in [0.5, 0.6) is 11.5 Å². The van der Waals surface area contributed by atoms with Gasteiger partial charge < -0.3 is 23.6 Å². The molecule has 0 saturated carbocycles. The molecule has 1 atom stereocenters. The van der Waals surface area contributed by atoms with Crippen molar-refractivity contribution in [1.82, 2.24) is 14.3 Å². The highest BCUT2D eigenvalue weighted by atomic mass is 16.7. The van der Waals surface area contributed by atoms with E-state index in [1.807, 2.05) is 44.2 Å². The van der Waals surface area contributed by atoms with Crippen molar-refractivity contribution in [2.45, 2.75) is 59.4 Å². The first kappa shape index (κ1) is 28.2. The third-order valence-corrected chi connectivity index (χ3v) is 8.76. The van der Waals surface area contributed by atoms with E-state index in [9.17, 15) is 9.59 Å². The predicted molar refractivity (Wildman–Crippen MR) is 163 cm³/mol. The summed E-state index contributed by atoms with van der Waals surface area (Å²) < 4.78 is 19.0. The number of hydrogen-bond donors (Lipinski definition) is 1. The highest BCUT2D eigenvalue weighted by molar-refractivity contribution is 5.99. The lowest BCUT2D eigenvalue weighted by atomic mass is 9.95. The first-order chi connectivity index (χ1) is 20.3. The molecule has 8 nitrogen and oxygen atoms in total. The number of aryl methyl sites for hydroxylation is 2. The Bertz CT molecular complexity index is 1700. The van der Waals surface area contributed by atoms with Crippen molar-refractivity contribution >= 4 is 11.3 Å². The van der Waals surface area contributed by atoms with Crippen LogP contribution in [0.4, 0.5) is 0 Å². The lowest BCUT2D eigenvalue weighted by Gasteiger charge is -2.34. The van der Waals surface area contributed by atoms with Crippen molar-refractivity contribution in [2.24, 2.45) is 0 Å². The van der Waals surface area contributed by atoms with Crippen LogP contribution in [0.1, 0.15) is 70.7 Å². The highest BCUT2D eigenvalue weighted by Gasteiger charge is 2.26. The van der Waals surface area contributed by atoms with Crippen LogP contribution in [0.2, 0.25) is 0 Å². The van der Waals surface area contributed by atoms with Crippen LogP contribution in [0.15, 0.2) is 47.4 Å². The minimum atomic E-state index is -0.0200. The first-order valence-electron chi connectivity index (χ1n) is 14.9. The quantitative estimate of drug-likeness (QED) is 0.198. The number of morpholine rings is 1. The summed E-state index contributed by atoms with van der Waals surface area (Å²) in [6.45, 7) is 11.6. The smallest absolute Gasteiger partial charge is 0.251 e. The summed E-state index contributed by atoms with van der Waals surface area (Å²) in [4.78, 5) is 31.5. The minimum Gasteiger partial charge on any atom is -0.454 e. The van der Waals surface area contributed by atoms with E-state index in [-0.39, 0.29) is 24.2 Å². The average Bonchev–Trinajstić information content (AvgIpc) is 3.62. The van der Waals surface area contributed by atoms with Crippen molar-refractivity contribution in [3.8, 4) is 22.6 Å². The Morgan fingerprint density at radius 1 is 0.976 bits per heavy atom. The number of rotatable bonds is 9. The number of carbonyl (C=O) groups is 1. The van der Waals surface area contributed by atoms with E-state index >= 15 is 0 Å². The van der Waals surface area contributed by atoms with Crippen LogP contribution < -0.4 is 15.0 Å². The maximum absolute atomic E-state index is 13.7. The van der Waals surface area contributed by atoms with Gasteiger partial charge >= 0.3 is 0 Å². The van der Waals surface area contributed by atoms with E-state index in [1.165, 1.54) is 0 Å². The summed E-state index contributed by atoms with van der Waals surface area (Å²) >= 11 is 0. The van der Waals surface area contributed by atoms with Crippen molar-refractivity contribution < 1.29 is 19.0 Å². The van der Waals surface area contributed by atoms with Gasteiger partial charge in [-0.2, -0.15) is 0 Å². The second-order valence-corrected chi connectivity index (χ2v) is 11.6. The van der Waals surface area contributed by atoms with Crippen LogP contribution in [0, 0.1) is 20.8 Å². The van der Waals surface area contributed by atoms with Crippen LogP contribution in [-0.2, 0) is 11.2 Å². The number of fused-ring (bicyclic) bond motifs is 2. The molecular weight excluding hydrogens is 530 g/mol. The molecule has 0 radical (unpaired) electrons. The second-order valence-electron chi connectivity index (χ2n) is 11.6. The monoisotopic (exact) mass is 569 g/mol. The molecule has 2 aliphatic rings. The molecule has 0 aliphatic carbocycles. The molecule has 0 bridgehead atoms. The van der Waals surface area contributed by atoms with E-state index in [1.54, 1.807) is 0 Å². The molecule has 2 aliphatic heterocycles. The molecule has 0 spiro atoms. The molecule has 3 aromatic heterocycles. The van der Waals surface area contributed by atoms with Crippen LogP contribution in [0.3, 0.4) is 0 Å². The Morgan fingerprint density at radius 3 is 2.55 bits per heavy atom. The number of pyridine rings is 2. The van der Waals surface area contributed by atoms with Crippen molar-refractivity contribution in [3.05, 3.63) is 86.6 Å². The van der Waals surface area contributed by atoms with Gasteiger partial charge in [-0.05, 0) is 94.0 Å². The molecule has 1 aromatic carbocycles. The minimum absolute atomic E-state index is 0.0200. The first-order valence-corrected chi connectivity index (χ1v) is 14.9. The summed E-state index contributed by atoms with van der Waals surface area (Å²) in [6.07, 6.45) is 4.80. The standard InChI is InChI=1S/C34H39N3O5/c1-21-15-22(2)35-34(39)28(21)7-5-6-8-30(38)29-18-27-16-26(25-9-10-31-32(17-25)42-20-41-31)19-37(27)33(23(29)3)24(4)36-11-13-40-14-12-36/h9-10,15-19,24H,5-8,11-14,20H2,1-4H3,(H,35,39). The van der Waals surface area contributed by atoms with E-state index in [2.05, 4.69) is 40.4 Å². The lowest BCUT2D eigenvalue weighted by Crippen LogP contribution is -2.39. The van der Waals surface area contributed by atoms with Crippen molar-refractivity contribution in [1.29, 1.82) is 0 Å². The Hall–Kier alpha value is -3.88. The zero-order valence-electron chi connectivity index (χ0n) is 24.9. The molecule has 1 N–H and O–H groups in total. The third-order valence-electron chi connectivity index (χ3n) is 8.76. The molecule has 1 fully saturated rings. The van der Waals surface area contributed by atoms with Crippen LogP contribution >= 0.6 is 0 Å². The number of hydrogen-bond acceptors (Lipinski definition) is 6. The summed E-state index contributed by atoms with van der Waals surface area (Å²) in [6, 6.07) is 12.3. The molecule has 42 heavy (non-hydrogen) atoms. The second kappa shape index (κ2) is 11.8. The third kappa shape index (κ3) is 5.49. The number of ketones is 1. The van der Waals surface area contributed by atoms with E-state index < -0.39 is 0 Å². The number of H-pyrrole nitrogens is 1. The topological polar surface area (TPSA) is 85.3 Å². The van der Waals surface area contributed by atoms with Gasteiger partial charge in [-0.3, -0.25) is 14.5 Å².